The van der Waals surface area contributed by atoms with Gasteiger partial charge in [-0.1, -0.05) is 42.4 Å². The molecule has 3 rings (SSSR count). The summed E-state index contributed by atoms with van der Waals surface area (Å²) in [4.78, 5) is 16.2. The summed E-state index contributed by atoms with van der Waals surface area (Å²) in [6.07, 6.45) is 0.463. The smallest absolute Gasteiger partial charge is 0.231 e. The summed E-state index contributed by atoms with van der Waals surface area (Å²) in [6, 6.07) is 13.6. The Labute approximate surface area is 121 Å². The highest BCUT2D eigenvalue weighted by atomic mass is 35.5. The molecule has 2 aromatic rings. The van der Waals surface area contributed by atoms with Gasteiger partial charge in [0, 0.05) is 21.2 Å². The van der Waals surface area contributed by atoms with Crippen molar-refractivity contribution in [3.05, 3.63) is 47.5 Å². The molecule has 0 spiro atoms. The van der Waals surface area contributed by atoms with Crippen molar-refractivity contribution in [3.8, 4) is 0 Å². The Bertz CT molecular complexity index is 656. The van der Waals surface area contributed by atoms with Crippen molar-refractivity contribution < 1.29 is 4.79 Å². The van der Waals surface area contributed by atoms with E-state index >= 15 is 0 Å². The highest BCUT2D eigenvalue weighted by Crippen LogP contribution is 2.48. The average Bonchev–Trinajstić information content (AvgIpc) is 2.44. The number of amides is 1. The van der Waals surface area contributed by atoms with Crippen LogP contribution in [0.4, 0.5) is 11.4 Å². The summed E-state index contributed by atoms with van der Waals surface area (Å²) in [5, 5.41) is 0.646. The first kappa shape index (κ1) is 12.6. The van der Waals surface area contributed by atoms with Crippen LogP contribution < -0.4 is 4.90 Å². The molecule has 4 heteroatoms. The summed E-state index contributed by atoms with van der Waals surface area (Å²) in [6.45, 7) is 1.87. The molecule has 0 fully saturated rings. The van der Waals surface area contributed by atoms with E-state index in [1.165, 1.54) is 0 Å². The molecule has 96 valence electrons. The topological polar surface area (TPSA) is 20.3 Å². The van der Waals surface area contributed by atoms with Crippen molar-refractivity contribution in [2.75, 3.05) is 4.90 Å². The molecule has 2 aromatic carbocycles. The van der Waals surface area contributed by atoms with Gasteiger partial charge in [0.1, 0.15) is 0 Å². The minimum Gasteiger partial charge on any atom is -0.279 e. The number of nitrogens with zero attached hydrogens (tertiary/aromatic N) is 1. The van der Waals surface area contributed by atoms with Crippen LogP contribution in [0.15, 0.2) is 52.3 Å². The van der Waals surface area contributed by atoms with E-state index in [2.05, 4.69) is 0 Å². The van der Waals surface area contributed by atoms with Crippen LogP contribution in [0.5, 0.6) is 0 Å². The third-order valence-corrected chi connectivity index (χ3v) is 4.41. The van der Waals surface area contributed by atoms with E-state index in [-0.39, 0.29) is 5.91 Å². The number of carbonyl (C=O) groups is 1. The van der Waals surface area contributed by atoms with E-state index in [4.69, 9.17) is 11.6 Å². The molecule has 2 nitrogen and oxygen atoms in total. The molecule has 0 N–H and O–H groups in total. The molecular formula is C15H12ClNOS. The third-order valence-electron chi connectivity index (χ3n) is 3.04. The summed E-state index contributed by atoms with van der Waals surface area (Å²) in [5.41, 5.74) is 1.82. The quantitative estimate of drug-likeness (QED) is 0.746. The maximum Gasteiger partial charge on any atom is 0.231 e. The van der Waals surface area contributed by atoms with Gasteiger partial charge >= 0.3 is 0 Å². The van der Waals surface area contributed by atoms with Crippen molar-refractivity contribution in [1.82, 2.24) is 0 Å². The summed E-state index contributed by atoms with van der Waals surface area (Å²) < 4.78 is 0. The molecule has 1 aliphatic rings. The Morgan fingerprint density at radius 1 is 1.16 bits per heavy atom. The Kier molecular flexibility index (Phi) is 3.25. The van der Waals surface area contributed by atoms with Crippen LogP contribution in [0.2, 0.25) is 5.02 Å². The second-order valence-corrected chi connectivity index (χ2v) is 5.78. The monoisotopic (exact) mass is 289 g/mol. The molecular weight excluding hydrogens is 278 g/mol. The lowest BCUT2D eigenvalue weighted by Crippen LogP contribution is -2.27. The number of hydrogen-bond donors (Lipinski definition) is 0. The Hall–Kier alpha value is -1.45. The predicted octanol–water partition coefficient (Wildman–Crippen LogP) is 4.88. The van der Waals surface area contributed by atoms with Crippen molar-refractivity contribution in [2.24, 2.45) is 0 Å². The lowest BCUT2D eigenvalue weighted by Gasteiger charge is -2.31. The van der Waals surface area contributed by atoms with Crippen LogP contribution >= 0.6 is 23.4 Å². The van der Waals surface area contributed by atoms with Crippen LogP contribution in [0.25, 0.3) is 0 Å². The minimum atomic E-state index is 0.0799. The lowest BCUT2D eigenvalue weighted by molar-refractivity contribution is -0.117. The predicted molar refractivity (Wildman–Crippen MR) is 79.5 cm³/mol. The van der Waals surface area contributed by atoms with Crippen LogP contribution in [0, 0.1) is 0 Å². The number of para-hydroxylation sites is 1. The van der Waals surface area contributed by atoms with Crippen molar-refractivity contribution in [1.29, 1.82) is 0 Å². The maximum atomic E-state index is 12.3. The standard InChI is InChI=1S/C15H12ClNOS/c1-2-15(18)17-11-5-3-4-6-13(11)19-14-8-7-10(16)9-12(14)17/h3-9H,2H2,1H3. The van der Waals surface area contributed by atoms with Gasteiger partial charge < -0.3 is 0 Å². The zero-order valence-electron chi connectivity index (χ0n) is 10.4. The molecule has 0 saturated heterocycles. The van der Waals surface area contributed by atoms with Crippen molar-refractivity contribution in [2.45, 2.75) is 23.1 Å². The zero-order chi connectivity index (χ0) is 13.4. The van der Waals surface area contributed by atoms with Crippen LogP contribution in [0.1, 0.15) is 13.3 Å². The molecule has 1 aliphatic heterocycles. The highest BCUT2D eigenvalue weighted by molar-refractivity contribution is 7.99. The van der Waals surface area contributed by atoms with Gasteiger partial charge in [-0.25, -0.2) is 0 Å². The molecule has 19 heavy (non-hydrogen) atoms. The average molecular weight is 290 g/mol. The van der Waals surface area contributed by atoms with Crippen LogP contribution in [-0.4, -0.2) is 5.91 Å². The molecule has 1 heterocycles. The van der Waals surface area contributed by atoms with E-state index in [1.54, 1.807) is 16.7 Å². The number of rotatable bonds is 1. The van der Waals surface area contributed by atoms with Gasteiger partial charge in [0.05, 0.1) is 11.4 Å². The van der Waals surface area contributed by atoms with Gasteiger partial charge in [-0.15, -0.1) is 0 Å². The number of benzene rings is 2. The second-order valence-electron chi connectivity index (χ2n) is 4.26. The van der Waals surface area contributed by atoms with Gasteiger partial charge in [0.15, 0.2) is 0 Å². The Morgan fingerprint density at radius 2 is 1.89 bits per heavy atom. The lowest BCUT2D eigenvalue weighted by atomic mass is 10.2. The van der Waals surface area contributed by atoms with Gasteiger partial charge in [-0.2, -0.15) is 0 Å². The number of hydrogen-bond acceptors (Lipinski definition) is 2. The molecule has 0 saturated carbocycles. The third kappa shape index (κ3) is 2.13. The molecule has 0 radical (unpaired) electrons. The first-order valence-electron chi connectivity index (χ1n) is 6.10. The summed E-state index contributed by atoms with van der Waals surface area (Å²) >= 11 is 7.74. The number of anilines is 2. The summed E-state index contributed by atoms with van der Waals surface area (Å²) in [5.74, 6) is 0.0799. The Morgan fingerprint density at radius 3 is 2.68 bits per heavy atom. The first-order chi connectivity index (χ1) is 9.20. The first-order valence-corrected chi connectivity index (χ1v) is 7.29. The molecule has 0 aliphatic carbocycles. The van der Waals surface area contributed by atoms with E-state index in [9.17, 15) is 4.79 Å². The van der Waals surface area contributed by atoms with Gasteiger partial charge in [-0.3, -0.25) is 9.69 Å². The van der Waals surface area contributed by atoms with E-state index in [0.717, 1.165) is 21.2 Å². The van der Waals surface area contributed by atoms with E-state index in [1.807, 2.05) is 49.4 Å². The fraction of sp³-hybridized carbons (Fsp3) is 0.133. The minimum absolute atomic E-state index is 0.0799. The fourth-order valence-corrected chi connectivity index (χ4v) is 3.36. The number of fused-ring (bicyclic) bond motifs is 2. The molecule has 0 aromatic heterocycles. The highest BCUT2D eigenvalue weighted by Gasteiger charge is 2.27. The van der Waals surface area contributed by atoms with Crippen LogP contribution in [-0.2, 0) is 4.79 Å². The van der Waals surface area contributed by atoms with Crippen molar-refractivity contribution in [3.63, 3.8) is 0 Å². The van der Waals surface area contributed by atoms with E-state index in [0.29, 0.717) is 11.4 Å². The van der Waals surface area contributed by atoms with Gasteiger partial charge in [0.2, 0.25) is 5.91 Å². The largest absolute Gasteiger partial charge is 0.279 e. The SMILES string of the molecule is CCC(=O)N1c2ccccc2Sc2ccc(Cl)cc21. The molecule has 0 atom stereocenters. The van der Waals surface area contributed by atoms with Gasteiger partial charge in [0.25, 0.3) is 0 Å². The van der Waals surface area contributed by atoms with Crippen molar-refractivity contribution >= 4 is 40.6 Å². The number of halogens is 1. The molecule has 0 unspecified atom stereocenters. The van der Waals surface area contributed by atoms with Gasteiger partial charge in [-0.05, 0) is 30.3 Å². The second kappa shape index (κ2) is 4.91. The van der Waals surface area contributed by atoms with Crippen LogP contribution in [0.3, 0.4) is 0 Å². The Balaban J connectivity index is 2.22. The summed E-state index contributed by atoms with van der Waals surface area (Å²) in [7, 11) is 0. The zero-order valence-corrected chi connectivity index (χ0v) is 12.0. The molecule has 1 amide bonds. The number of carbonyl (C=O) groups excluding carboxylic acids is 1. The molecule has 0 bridgehead atoms. The fourth-order valence-electron chi connectivity index (χ4n) is 2.15. The maximum absolute atomic E-state index is 12.3. The van der Waals surface area contributed by atoms with E-state index < -0.39 is 0 Å². The normalized spacial score (nSPS) is 12.8.